The van der Waals surface area contributed by atoms with Crippen LogP contribution in [-0.2, 0) is 32.5 Å². The number of pyridine rings is 1. The second kappa shape index (κ2) is 12.9. The quantitative estimate of drug-likeness (QED) is 0.213. The summed E-state index contributed by atoms with van der Waals surface area (Å²) in [6.45, 7) is 2.42. The Balaban J connectivity index is 1.61. The van der Waals surface area contributed by atoms with Gasteiger partial charge in [-0.1, -0.05) is 17.7 Å². The average Bonchev–Trinajstić information content (AvgIpc) is 3.45. The molecule has 0 aliphatic carbocycles. The molecular weight excluding hydrogens is 624 g/mol. The Labute approximate surface area is 254 Å². The first kappa shape index (κ1) is 31.4. The molecule has 44 heavy (non-hydrogen) atoms. The highest BCUT2D eigenvalue weighted by atomic mass is 35.5. The Morgan fingerprint density at radius 1 is 1.18 bits per heavy atom. The van der Waals surface area contributed by atoms with Gasteiger partial charge in [-0.25, -0.2) is 9.97 Å². The number of carbonyl (C=O) groups is 1. The van der Waals surface area contributed by atoms with Crippen LogP contribution in [0.3, 0.4) is 0 Å². The van der Waals surface area contributed by atoms with Gasteiger partial charge in [-0.3, -0.25) is 14.0 Å². The molecule has 7 heterocycles. The second-order valence-electron chi connectivity index (χ2n) is 9.56. The highest BCUT2D eigenvalue weighted by Gasteiger charge is 2.36. The van der Waals surface area contributed by atoms with Crippen LogP contribution in [0.4, 0.5) is 36.3 Å². The molecule has 0 fully saturated rings. The van der Waals surface area contributed by atoms with Gasteiger partial charge in [0, 0.05) is 31.5 Å². The number of halogens is 4. The highest BCUT2D eigenvalue weighted by molar-refractivity contribution is 7.53. The summed E-state index contributed by atoms with van der Waals surface area (Å²) in [7, 11) is -2.16. The first-order valence-electron chi connectivity index (χ1n) is 13.4. The molecule has 4 aromatic rings. The maximum absolute atomic E-state index is 14.0. The molecule has 4 aliphatic heterocycles. The van der Waals surface area contributed by atoms with Crippen molar-refractivity contribution in [1.82, 2.24) is 30.0 Å². The number of benzene rings is 1. The van der Waals surface area contributed by atoms with Gasteiger partial charge < -0.3 is 25.0 Å². The third-order valence-electron chi connectivity index (χ3n) is 6.42. The minimum atomic E-state index is -4.82. The fraction of sp³-hybridized carbons (Fsp3) is 0.296. The lowest BCUT2D eigenvalue weighted by Gasteiger charge is -2.19. The molecule has 0 spiro atoms. The number of anilines is 4. The van der Waals surface area contributed by atoms with Crippen molar-refractivity contribution >= 4 is 48.2 Å². The van der Waals surface area contributed by atoms with E-state index in [1.54, 1.807) is 48.3 Å². The third kappa shape index (κ3) is 7.18. The summed E-state index contributed by atoms with van der Waals surface area (Å²) in [5.74, 6) is -1.47. The van der Waals surface area contributed by atoms with E-state index in [4.69, 9.17) is 20.6 Å². The minimum absolute atomic E-state index is 0.0176. The van der Waals surface area contributed by atoms with Crippen molar-refractivity contribution in [3.63, 3.8) is 0 Å². The van der Waals surface area contributed by atoms with Crippen LogP contribution in [-0.4, -0.2) is 50.9 Å². The van der Waals surface area contributed by atoms with Gasteiger partial charge in [-0.05, 0) is 43.2 Å². The number of rotatable bonds is 3. The number of aryl methyl sites for hydroxylation is 1. The van der Waals surface area contributed by atoms with E-state index in [2.05, 4.69) is 36.0 Å². The van der Waals surface area contributed by atoms with E-state index in [1.807, 2.05) is 0 Å². The number of carbonyl (C=O) groups excluding carboxylic acids is 1. The number of alkyl halides is 3. The van der Waals surface area contributed by atoms with Crippen molar-refractivity contribution in [2.45, 2.75) is 32.2 Å². The Bertz CT molecular complexity index is 1740. The van der Waals surface area contributed by atoms with Crippen LogP contribution in [0.1, 0.15) is 35.0 Å². The normalized spacial score (nSPS) is 17.2. The Morgan fingerprint density at radius 2 is 1.98 bits per heavy atom. The Morgan fingerprint density at radius 3 is 2.70 bits per heavy atom. The van der Waals surface area contributed by atoms with Crippen LogP contribution in [0, 0.1) is 0 Å². The van der Waals surface area contributed by atoms with Gasteiger partial charge in [-0.15, -0.1) is 0 Å². The van der Waals surface area contributed by atoms with E-state index < -0.39 is 31.1 Å². The van der Waals surface area contributed by atoms with Crippen molar-refractivity contribution < 1.29 is 31.6 Å². The van der Waals surface area contributed by atoms with Gasteiger partial charge in [0.25, 0.3) is 5.91 Å². The number of hydrogen-bond acceptors (Lipinski definition) is 10. The van der Waals surface area contributed by atoms with Crippen molar-refractivity contribution in [2.75, 3.05) is 30.9 Å². The van der Waals surface area contributed by atoms with E-state index in [0.29, 0.717) is 36.0 Å². The Kier molecular flexibility index (Phi) is 9.20. The van der Waals surface area contributed by atoms with Gasteiger partial charge in [0.05, 0.1) is 47.7 Å². The van der Waals surface area contributed by atoms with E-state index in [9.17, 15) is 22.5 Å². The summed E-state index contributed by atoms with van der Waals surface area (Å²) < 4.78 is 68.3. The molecule has 4 aliphatic rings. The fourth-order valence-electron chi connectivity index (χ4n) is 4.36. The molecule has 8 bridgehead atoms. The zero-order valence-corrected chi connectivity index (χ0v) is 25.1. The van der Waals surface area contributed by atoms with Crippen molar-refractivity contribution in [3.8, 4) is 11.3 Å². The fourth-order valence-corrected chi connectivity index (χ4v) is 6.31. The van der Waals surface area contributed by atoms with Crippen molar-refractivity contribution in [3.05, 3.63) is 70.8 Å². The number of nitrogens with one attached hydrogen (secondary N) is 3. The van der Waals surface area contributed by atoms with Crippen LogP contribution < -0.4 is 16.0 Å². The SMILES string of the molecule is CCOP1(=O)Cc2ccc(c(Cl)c2)Nc2ncc(C(F)(F)F)c(n2)Nc2ccc(nc2C(=O)NC)-c2cnn(c2)CCCO1. The molecule has 1 aromatic carbocycles. The van der Waals surface area contributed by atoms with E-state index in [0.717, 1.165) is 0 Å². The minimum Gasteiger partial charge on any atom is -0.354 e. The molecular formula is C27H27ClF3N8O4P. The molecule has 0 radical (unpaired) electrons. The molecule has 1 amide bonds. The van der Waals surface area contributed by atoms with Crippen LogP contribution in [0.25, 0.3) is 11.3 Å². The molecule has 17 heteroatoms. The summed E-state index contributed by atoms with van der Waals surface area (Å²) in [5.41, 5.74) is 0.414. The zero-order chi connectivity index (χ0) is 31.5. The number of hydrogen-bond donors (Lipinski definition) is 3. The monoisotopic (exact) mass is 650 g/mol. The van der Waals surface area contributed by atoms with Gasteiger partial charge in [0.2, 0.25) is 5.95 Å². The van der Waals surface area contributed by atoms with Crippen LogP contribution in [0.15, 0.2) is 48.9 Å². The predicted octanol–water partition coefficient (Wildman–Crippen LogP) is 6.40. The topological polar surface area (TPSA) is 145 Å². The van der Waals surface area contributed by atoms with Crippen molar-refractivity contribution in [1.29, 1.82) is 0 Å². The standard InChI is InChI=1S/C27H27ClF3N8O4P/c1-3-42-44(41)15-16-5-6-21(19(28)11-16)37-26-33-13-18(27(29,30)31)24(38-26)36-22-8-7-20(35-23(22)25(40)32-2)17-12-34-39(14-17)9-4-10-43-44/h5-8,11-14H,3-4,9-10,15H2,1-2H3,(H,32,40)(H2,33,36,37,38). The maximum Gasteiger partial charge on any atom is 0.421 e. The third-order valence-corrected chi connectivity index (χ3v) is 8.71. The molecule has 0 saturated heterocycles. The molecule has 1 unspecified atom stereocenters. The summed E-state index contributed by atoms with van der Waals surface area (Å²) in [4.78, 5) is 25.1. The van der Waals surface area contributed by atoms with Gasteiger partial charge >= 0.3 is 13.8 Å². The lowest BCUT2D eigenvalue weighted by molar-refractivity contribution is -0.137. The maximum atomic E-state index is 14.0. The summed E-state index contributed by atoms with van der Waals surface area (Å²) in [6.07, 6.45) is -0.555. The highest BCUT2D eigenvalue weighted by Crippen LogP contribution is 2.52. The van der Waals surface area contributed by atoms with Crippen molar-refractivity contribution in [2.24, 2.45) is 0 Å². The number of nitrogens with zero attached hydrogens (tertiary/aromatic N) is 5. The molecule has 1 atom stereocenters. The molecule has 3 N–H and O–H groups in total. The molecule has 3 aromatic heterocycles. The van der Waals surface area contributed by atoms with Gasteiger partial charge in [0.15, 0.2) is 5.69 Å². The van der Waals surface area contributed by atoms with Gasteiger partial charge in [0.1, 0.15) is 11.4 Å². The van der Waals surface area contributed by atoms with E-state index >= 15 is 0 Å². The zero-order valence-electron chi connectivity index (χ0n) is 23.5. The largest absolute Gasteiger partial charge is 0.421 e. The average molecular weight is 651 g/mol. The Hall–Kier alpha value is -4.04. The molecule has 12 nitrogen and oxygen atoms in total. The van der Waals surface area contributed by atoms with Crippen LogP contribution in [0.5, 0.6) is 0 Å². The molecule has 232 valence electrons. The number of aromatic nitrogens is 5. The first-order valence-corrected chi connectivity index (χ1v) is 15.5. The summed E-state index contributed by atoms with van der Waals surface area (Å²) in [5, 5.41) is 12.4. The summed E-state index contributed by atoms with van der Waals surface area (Å²) >= 11 is 6.47. The predicted molar refractivity (Wildman–Crippen MR) is 157 cm³/mol. The summed E-state index contributed by atoms with van der Waals surface area (Å²) in [6, 6.07) is 7.70. The van der Waals surface area contributed by atoms with Gasteiger partial charge in [-0.2, -0.15) is 23.3 Å². The van der Waals surface area contributed by atoms with Crippen LogP contribution in [0.2, 0.25) is 5.02 Å². The lowest BCUT2D eigenvalue weighted by atomic mass is 10.1. The molecule has 0 saturated carbocycles. The smallest absolute Gasteiger partial charge is 0.354 e. The lowest BCUT2D eigenvalue weighted by Crippen LogP contribution is -2.21. The number of amides is 1. The second-order valence-corrected chi connectivity index (χ2v) is 12.0. The van der Waals surface area contributed by atoms with Crippen LogP contribution >= 0.6 is 19.2 Å². The van der Waals surface area contributed by atoms with E-state index in [-0.39, 0.29) is 47.4 Å². The molecule has 8 rings (SSSR count). The van der Waals surface area contributed by atoms with E-state index in [1.165, 1.54) is 13.1 Å². The first-order chi connectivity index (χ1) is 21.0.